The molecule has 0 heterocycles. The number of hydrogen-bond donors (Lipinski definition) is 3. The van der Waals surface area contributed by atoms with Gasteiger partial charge in [0.2, 0.25) is 0 Å². The van der Waals surface area contributed by atoms with Gasteiger partial charge in [-0.05, 0) is 40.7 Å². The monoisotopic (exact) mass is 273 g/mol. The largest absolute Gasteiger partial charge is 0.395 e. The fourth-order valence-corrected chi connectivity index (χ4v) is 0.868. The zero-order valence-electron chi connectivity index (χ0n) is 13.6. The molecule has 0 aliphatic rings. The lowest BCUT2D eigenvalue weighted by molar-refractivity contribution is 0.171. The van der Waals surface area contributed by atoms with Gasteiger partial charge >= 0.3 is 0 Å². The molecular formula is C16H35NO2. The summed E-state index contributed by atoms with van der Waals surface area (Å²) in [6, 6.07) is -0.133. The first-order valence-electron chi connectivity index (χ1n) is 7.01. The topological polar surface area (TPSA) is 52.5 Å². The summed E-state index contributed by atoms with van der Waals surface area (Å²) < 4.78 is 0. The Morgan fingerprint density at radius 3 is 1.58 bits per heavy atom. The van der Waals surface area contributed by atoms with E-state index in [-0.39, 0.29) is 19.3 Å². The average Bonchev–Trinajstić information content (AvgIpc) is 2.28. The van der Waals surface area contributed by atoms with Gasteiger partial charge in [-0.1, -0.05) is 30.9 Å². The highest BCUT2D eigenvalue weighted by Crippen LogP contribution is 1.91. The van der Waals surface area contributed by atoms with Gasteiger partial charge in [0.25, 0.3) is 0 Å². The van der Waals surface area contributed by atoms with Crippen molar-refractivity contribution in [1.29, 1.82) is 0 Å². The molecule has 0 aromatic heterocycles. The summed E-state index contributed by atoms with van der Waals surface area (Å²) in [5.41, 5.74) is 2.33. The van der Waals surface area contributed by atoms with Crippen molar-refractivity contribution in [2.75, 3.05) is 19.8 Å². The van der Waals surface area contributed by atoms with Crippen molar-refractivity contribution in [3.05, 3.63) is 24.3 Å². The Morgan fingerprint density at radius 2 is 1.32 bits per heavy atom. The Hall–Kier alpha value is -0.640. The Kier molecular flexibility index (Phi) is 24.3. The van der Waals surface area contributed by atoms with Crippen LogP contribution in [0.3, 0.4) is 0 Å². The van der Waals surface area contributed by atoms with Gasteiger partial charge in [-0.2, -0.15) is 0 Å². The van der Waals surface area contributed by atoms with E-state index in [1.807, 2.05) is 27.7 Å². The highest BCUT2D eigenvalue weighted by Gasteiger charge is 2.01. The highest BCUT2D eigenvalue weighted by molar-refractivity contribution is 4.79. The van der Waals surface area contributed by atoms with Gasteiger partial charge in [0.15, 0.2) is 0 Å². The third-order valence-corrected chi connectivity index (χ3v) is 1.65. The lowest BCUT2D eigenvalue weighted by Crippen LogP contribution is -2.36. The van der Waals surface area contributed by atoms with Gasteiger partial charge in [0, 0.05) is 0 Å². The predicted molar refractivity (Wildman–Crippen MR) is 86.5 cm³/mol. The molecule has 19 heavy (non-hydrogen) atoms. The minimum atomic E-state index is -0.133. The van der Waals surface area contributed by atoms with E-state index in [0.29, 0.717) is 0 Å². The molecule has 0 bridgehead atoms. The molecule has 0 spiro atoms. The molecule has 3 heteroatoms. The molecule has 0 unspecified atom stereocenters. The molecule has 3 N–H and O–H groups in total. The van der Waals surface area contributed by atoms with E-state index in [0.717, 1.165) is 13.0 Å². The van der Waals surface area contributed by atoms with Crippen LogP contribution in [0, 0.1) is 0 Å². The second-order valence-electron chi connectivity index (χ2n) is 5.14. The molecule has 0 aliphatic carbocycles. The molecule has 0 atom stereocenters. The zero-order chi connectivity index (χ0) is 15.7. The summed E-state index contributed by atoms with van der Waals surface area (Å²) in [6.07, 6.45) is 3.52. The summed E-state index contributed by atoms with van der Waals surface area (Å²) in [6.45, 7) is 18.1. The number of hydrogen-bond acceptors (Lipinski definition) is 3. The fourth-order valence-electron chi connectivity index (χ4n) is 0.868. The second-order valence-corrected chi connectivity index (χ2v) is 5.14. The average molecular weight is 273 g/mol. The van der Waals surface area contributed by atoms with Crippen molar-refractivity contribution >= 4 is 0 Å². The quantitative estimate of drug-likeness (QED) is 0.493. The van der Waals surface area contributed by atoms with Crippen LogP contribution in [0.2, 0.25) is 0 Å². The smallest absolute Gasteiger partial charge is 0.0607 e. The number of aliphatic hydroxyl groups is 2. The van der Waals surface area contributed by atoms with E-state index in [4.69, 9.17) is 10.2 Å². The maximum absolute atomic E-state index is 8.66. The first kappa shape index (κ1) is 23.5. The molecule has 0 aliphatic heterocycles. The molecule has 0 radical (unpaired) electrons. The van der Waals surface area contributed by atoms with Crippen molar-refractivity contribution < 1.29 is 10.2 Å². The third-order valence-electron chi connectivity index (χ3n) is 1.65. The van der Waals surface area contributed by atoms with Crippen LogP contribution in [-0.2, 0) is 0 Å². The van der Waals surface area contributed by atoms with E-state index < -0.39 is 0 Å². The standard InChI is InChI=1S/C8H19NO2.2C4H8/c1-2-3-4-5-9-8(6-10)7-11;2*1-4(2)3/h8-11H,2-7H2,1H3;2*1H2,2-3H3. The van der Waals surface area contributed by atoms with Crippen LogP contribution in [0.4, 0.5) is 0 Å². The maximum Gasteiger partial charge on any atom is 0.0607 e. The first-order valence-corrected chi connectivity index (χ1v) is 7.01. The van der Waals surface area contributed by atoms with Gasteiger partial charge in [-0.25, -0.2) is 0 Å². The van der Waals surface area contributed by atoms with Crippen LogP contribution in [0.5, 0.6) is 0 Å². The Bertz CT molecular complexity index is 179. The van der Waals surface area contributed by atoms with Crippen LogP contribution < -0.4 is 5.32 Å². The van der Waals surface area contributed by atoms with Crippen LogP contribution in [0.1, 0.15) is 53.9 Å². The van der Waals surface area contributed by atoms with E-state index in [2.05, 4.69) is 25.4 Å². The van der Waals surface area contributed by atoms with Crippen molar-refractivity contribution in [3.8, 4) is 0 Å². The fraction of sp³-hybridized carbons (Fsp3) is 0.750. The lowest BCUT2D eigenvalue weighted by Gasteiger charge is -2.12. The number of nitrogens with one attached hydrogen (secondary N) is 1. The van der Waals surface area contributed by atoms with Crippen molar-refractivity contribution in [1.82, 2.24) is 5.32 Å². The Balaban J connectivity index is -0.000000264. The molecular weight excluding hydrogens is 238 g/mol. The predicted octanol–water partition coefficient (Wildman–Crippen LogP) is 3.28. The summed E-state index contributed by atoms with van der Waals surface area (Å²) in [7, 11) is 0. The first-order chi connectivity index (χ1) is 8.81. The zero-order valence-corrected chi connectivity index (χ0v) is 13.6. The molecule has 0 rings (SSSR count). The Labute approximate surface area is 120 Å². The molecule has 0 aromatic rings. The number of unbranched alkanes of at least 4 members (excludes halogenated alkanes) is 2. The molecule has 0 aromatic carbocycles. The van der Waals surface area contributed by atoms with E-state index in [1.165, 1.54) is 24.0 Å². The van der Waals surface area contributed by atoms with Crippen molar-refractivity contribution in [2.24, 2.45) is 0 Å². The molecule has 0 saturated carbocycles. The molecule has 0 fully saturated rings. The van der Waals surface area contributed by atoms with Crippen molar-refractivity contribution in [2.45, 2.75) is 59.9 Å². The summed E-state index contributed by atoms with van der Waals surface area (Å²) in [5, 5.41) is 20.4. The van der Waals surface area contributed by atoms with E-state index >= 15 is 0 Å². The second kappa shape index (κ2) is 19.7. The molecule has 0 amide bonds. The summed E-state index contributed by atoms with van der Waals surface area (Å²) in [5.74, 6) is 0. The summed E-state index contributed by atoms with van der Waals surface area (Å²) >= 11 is 0. The normalized spacial score (nSPS) is 9.05. The molecule has 0 saturated heterocycles. The van der Waals surface area contributed by atoms with Crippen LogP contribution in [0.15, 0.2) is 24.3 Å². The van der Waals surface area contributed by atoms with Gasteiger partial charge < -0.3 is 15.5 Å². The molecule has 3 nitrogen and oxygen atoms in total. The number of rotatable bonds is 7. The van der Waals surface area contributed by atoms with Crippen LogP contribution in [0.25, 0.3) is 0 Å². The Morgan fingerprint density at radius 1 is 0.947 bits per heavy atom. The summed E-state index contributed by atoms with van der Waals surface area (Å²) in [4.78, 5) is 0. The van der Waals surface area contributed by atoms with Crippen LogP contribution >= 0.6 is 0 Å². The minimum absolute atomic E-state index is 0.0165. The van der Waals surface area contributed by atoms with Crippen molar-refractivity contribution in [3.63, 3.8) is 0 Å². The lowest BCUT2D eigenvalue weighted by atomic mass is 10.2. The van der Waals surface area contributed by atoms with Gasteiger partial charge in [0.1, 0.15) is 0 Å². The van der Waals surface area contributed by atoms with Gasteiger partial charge in [-0.3, -0.25) is 0 Å². The van der Waals surface area contributed by atoms with Gasteiger partial charge in [0.05, 0.1) is 19.3 Å². The van der Waals surface area contributed by atoms with E-state index in [1.54, 1.807) is 0 Å². The highest BCUT2D eigenvalue weighted by atomic mass is 16.3. The molecule has 116 valence electrons. The SMILES string of the molecule is C=C(C)C.C=C(C)C.CCCCCNC(CO)CO. The van der Waals surface area contributed by atoms with Crippen LogP contribution in [-0.4, -0.2) is 36.0 Å². The minimum Gasteiger partial charge on any atom is -0.395 e. The number of allylic oxidation sites excluding steroid dienone is 2. The third kappa shape index (κ3) is 46.7. The maximum atomic E-state index is 8.66. The van der Waals surface area contributed by atoms with Gasteiger partial charge in [-0.15, -0.1) is 13.2 Å². The number of aliphatic hydroxyl groups excluding tert-OH is 2. The van der Waals surface area contributed by atoms with E-state index in [9.17, 15) is 0 Å².